The quantitative estimate of drug-likeness (QED) is 0.103. The Labute approximate surface area is 301 Å². The van der Waals surface area contributed by atoms with E-state index in [2.05, 4.69) is 70.9 Å². The molecule has 0 radical (unpaired) electrons. The molecular formula is C44H48N2O5. The maximum Gasteiger partial charge on any atom is 0.207 e. The van der Waals surface area contributed by atoms with Gasteiger partial charge in [0.15, 0.2) is 12.6 Å². The van der Waals surface area contributed by atoms with Crippen molar-refractivity contribution in [1.82, 2.24) is 10.2 Å². The second-order valence-electron chi connectivity index (χ2n) is 14.7. The molecule has 264 valence electrons. The molecule has 7 rings (SSSR count). The molecule has 1 saturated carbocycles. The van der Waals surface area contributed by atoms with Gasteiger partial charge in [-0.15, -0.1) is 0 Å². The molecule has 0 bridgehead atoms. The molecule has 0 aromatic heterocycles. The van der Waals surface area contributed by atoms with Crippen molar-refractivity contribution in [2.75, 3.05) is 6.54 Å². The minimum Gasteiger partial charge on any atom is -0.508 e. The van der Waals surface area contributed by atoms with Crippen LogP contribution in [0.25, 0.3) is 0 Å². The number of hydrogen-bond donors (Lipinski definition) is 2. The third-order valence-electron chi connectivity index (χ3n) is 11.6. The number of nitrogens with one attached hydrogen (secondary N) is 1. The number of carbonyl (C=O) groups excluding carboxylic acids is 3. The topological polar surface area (TPSA) is 95.9 Å². The van der Waals surface area contributed by atoms with Crippen LogP contribution in [0.15, 0.2) is 84.9 Å². The number of nitrogens with zero attached hydrogens (tertiary/aromatic N) is 1. The summed E-state index contributed by atoms with van der Waals surface area (Å²) in [6.07, 6.45) is 11.6. The molecular weight excluding hydrogens is 636 g/mol. The number of aryl methyl sites for hydroxylation is 1. The van der Waals surface area contributed by atoms with Crippen LogP contribution in [0.1, 0.15) is 117 Å². The Balaban J connectivity index is 1.01. The molecule has 0 spiro atoms. The fourth-order valence-corrected chi connectivity index (χ4v) is 9.03. The summed E-state index contributed by atoms with van der Waals surface area (Å²) in [6, 6.07) is 29.6. The van der Waals surface area contributed by atoms with Crippen LogP contribution in [-0.4, -0.2) is 47.7 Å². The summed E-state index contributed by atoms with van der Waals surface area (Å²) in [5.41, 5.74) is 8.39. The molecule has 1 aliphatic heterocycles. The molecule has 7 nitrogen and oxygen atoms in total. The predicted octanol–water partition coefficient (Wildman–Crippen LogP) is 8.12. The Morgan fingerprint density at radius 3 is 2.16 bits per heavy atom. The van der Waals surface area contributed by atoms with Gasteiger partial charge in [0.05, 0.1) is 6.10 Å². The van der Waals surface area contributed by atoms with Crippen LogP contribution in [0, 0.1) is 5.92 Å². The zero-order valence-corrected chi connectivity index (χ0v) is 29.2. The summed E-state index contributed by atoms with van der Waals surface area (Å²) in [7, 11) is 0. The van der Waals surface area contributed by atoms with E-state index in [1.165, 1.54) is 22.3 Å². The highest BCUT2D eigenvalue weighted by Crippen LogP contribution is 2.47. The van der Waals surface area contributed by atoms with Gasteiger partial charge in [-0.05, 0) is 139 Å². The molecule has 51 heavy (non-hydrogen) atoms. The lowest BCUT2D eigenvalue weighted by molar-refractivity contribution is -0.109. The number of aromatic hydroxyl groups is 1. The lowest BCUT2D eigenvalue weighted by Gasteiger charge is -2.36. The Bertz CT molecular complexity index is 1780. The van der Waals surface area contributed by atoms with Crippen molar-refractivity contribution in [3.05, 3.63) is 129 Å². The van der Waals surface area contributed by atoms with Gasteiger partial charge >= 0.3 is 0 Å². The Morgan fingerprint density at radius 1 is 0.784 bits per heavy atom. The molecule has 1 amide bonds. The number of phenolic OH excluding ortho intramolecular Hbond substituents is 1. The third-order valence-corrected chi connectivity index (χ3v) is 11.6. The summed E-state index contributed by atoms with van der Waals surface area (Å²) in [5, 5.41) is 13.0. The average molecular weight is 685 g/mol. The molecule has 3 aliphatic rings. The molecule has 2 aliphatic carbocycles. The number of hydrogen-bond acceptors (Lipinski definition) is 6. The number of ether oxygens (including phenoxy) is 1. The summed E-state index contributed by atoms with van der Waals surface area (Å²) < 4.78 is 6.73. The highest BCUT2D eigenvalue weighted by molar-refractivity contribution is 5.91. The zero-order chi connectivity index (χ0) is 35.2. The first-order valence-corrected chi connectivity index (χ1v) is 18.6. The van der Waals surface area contributed by atoms with E-state index in [4.69, 9.17) is 4.74 Å². The molecule has 3 unspecified atom stereocenters. The van der Waals surface area contributed by atoms with Gasteiger partial charge in [-0.1, -0.05) is 48.5 Å². The smallest absolute Gasteiger partial charge is 0.207 e. The molecule has 4 aromatic carbocycles. The van der Waals surface area contributed by atoms with Gasteiger partial charge < -0.3 is 15.2 Å². The van der Waals surface area contributed by atoms with Gasteiger partial charge in [0.2, 0.25) is 6.41 Å². The first-order valence-electron chi connectivity index (χ1n) is 18.6. The maximum absolute atomic E-state index is 11.5. The van der Waals surface area contributed by atoms with E-state index >= 15 is 0 Å². The van der Waals surface area contributed by atoms with E-state index in [1.807, 2.05) is 24.3 Å². The number of aldehydes is 2. The van der Waals surface area contributed by atoms with E-state index in [9.17, 15) is 19.5 Å². The highest BCUT2D eigenvalue weighted by Gasteiger charge is 2.33. The first kappa shape index (κ1) is 34.7. The number of fused-ring (bicyclic) bond motifs is 2. The van der Waals surface area contributed by atoms with E-state index in [1.54, 1.807) is 0 Å². The number of benzene rings is 4. The normalized spacial score (nSPS) is 22.0. The third kappa shape index (κ3) is 7.94. The van der Waals surface area contributed by atoms with Crippen molar-refractivity contribution in [3.8, 4) is 11.5 Å². The van der Waals surface area contributed by atoms with Crippen LogP contribution in [-0.2, 0) is 24.3 Å². The van der Waals surface area contributed by atoms with Crippen molar-refractivity contribution in [3.63, 3.8) is 0 Å². The fraction of sp³-hybridized carbons (Fsp3) is 0.386. The van der Waals surface area contributed by atoms with Crippen molar-refractivity contribution in [2.45, 2.75) is 94.9 Å². The number of rotatable bonds is 14. The Hall–Kier alpha value is -4.75. The first-order chi connectivity index (χ1) is 25.0. The van der Waals surface area contributed by atoms with Crippen molar-refractivity contribution in [1.29, 1.82) is 0 Å². The van der Waals surface area contributed by atoms with E-state index < -0.39 is 0 Å². The van der Waals surface area contributed by atoms with Gasteiger partial charge in [0, 0.05) is 42.7 Å². The maximum atomic E-state index is 11.5. The van der Waals surface area contributed by atoms with Crippen LogP contribution in [0.4, 0.5) is 0 Å². The monoisotopic (exact) mass is 684 g/mol. The molecule has 2 N–H and O–H groups in total. The summed E-state index contributed by atoms with van der Waals surface area (Å²) >= 11 is 0. The summed E-state index contributed by atoms with van der Waals surface area (Å²) in [5.74, 6) is 2.30. The van der Waals surface area contributed by atoms with Crippen LogP contribution >= 0.6 is 0 Å². The van der Waals surface area contributed by atoms with Crippen LogP contribution in [0.2, 0.25) is 0 Å². The number of carbonyl (C=O) groups is 3. The largest absolute Gasteiger partial charge is 0.508 e. The van der Waals surface area contributed by atoms with Crippen molar-refractivity contribution in [2.24, 2.45) is 5.92 Å². The SMILES string of the molecule is O=CNCCCC(CC1CCC(N2Cc3cc(C=O)c(C=O)cc3C2)CC1)Oc1ccc(C2c3ccc(O)cc3CCC2c2ccccc2)cc1. The van der Waals surface area contributed by atoms with Crippen LogP contribution in [0.5, 0.6) is 11.5 Å². The lowest BCUT2D eigenvalue weighted by Crippen LogP contribution is -2.35. The van der Waals surface area contributed by atoms with E-state index in [-0.39, 0.29) is 12.0 Å². The van der Waals surface area contributed by atoms with Gasteiger partial charge in [-0.2, -0.15) is 0 Å². The molecule has 1 heterocycles. The van der Waals surface area contributed by atoms with Crippen molar-refractivity contribution < 1.29 is 24.2 Å². The van der Waals surface area contributed by atoms with E-state index in [0.29, 0.717) is 41.3 Å². The molecule has 4 aromatic rings. The van der Waals surface area contributed by atoms with Crippen LogP contribution in [0.3, 0.4) is 0 Å². The van der Waals surface area contributed by atoms with Gasteiger partial charge in [-0.3, -0.25) is 19.3 Å². The number of phenols is 1. The summed E-state index contributed by atoms with van der Waals surface area (Å²) in [4.78, 5) is 36.4. The zero-order valence-electron chi connectivity index (χ0n) is 29.2. The molecule has 1 fully saturated rings. The van der Waals surface area contributed by atoms with Gasteiger partial charge in [0.1, 0.15) is 11.5 Å². The fourth-order valence-electron chi connectivity index (χ4n) is 9.03. The van der Waals surface area contributed by atoms with Crippen molar-refractivity contribution >= 4 is 19.0 Å². The van der Waals surface area contributed by atoms with Crippen LogP contribution < -0.4 is 10.1 Å². The Morgan fingerprint density at radius 2 is 1.49 bits per heavy atom. The molecule has 0 saturated heterocycles. The van der Waals surface area contributed by atoms with E-state index in [0.717, 1.165) is 107 Å². The number of amides is 1. The predicted molar refractivity (Wildman–Crippen MR) is 198 cm³/mol. The summed E-state index contributed by atoms with van der Waals surface area (Å²) in [6.45, 7) is 2.30. The second kappa shape index (κ2) is 16.1. The Kier molecular flexibility index (Phi) is 10.9. The molecule has 7 heteroatoms. The molecule has 3 atom stereocenters. The van der Waals surface area contributed by atoms with Gasteiger partial charge in [-0.25, -0.2) is 0 Å². The minimum atomic E-state index is 0.0564. The standard InChI is InChI=1S/C44H48N2O5/c47-27-36-22-34-25-46(26-35(34)23-37(36)28-48)38-13-8-30(9-14-38)21-41(7-4-20-45-29-49)51-40-16-10-32(11-17-40)44-42(31-5-2-1-3-6-31)18-12-33-24-39(50)15-19-43(33)44/h1-3,5-6,10-11,15-17,19,22-24,27-30,38,41-42,44,50H,4,7-9,12-14,18,20-21,25-26H2,(H,45,49). The average Bonchev–Trinajstić information content (AvgIpc) is 3.59. The lowest BCUT2D eigenvalue weighted by atomic mass is 9.69. The highest BCUT2D eigenvalue weighted by atomic mass is 16.5. The minimum absolute atomic E-state index is 0.0564. The second-order valence-corrected chi connectivity index (χ2v) is 14.7. The van der Waals surface area contributed by atoms with Gasteiger partial charge in [0.25, 0.3) is 0 Å².